The summed E-state index contributed by atoms with van der Waals surface area (Å²) >= 11 is 0. The Kier molecular flexibility index (Phi) is 6.76. The summed E-state index contributed by atoms with van der Waals surface area (Å²) < 4.78 is 22.1. The highest BCUT2D eigenvalue weighted by Crippen LogP contribution is 2.32. The van der Waals surface area contributed by atoms with E-state index in [1.165, 1.54) is 12.8 Å². The van der Waals surface area contributed by atoms with Crippen LogP contribution in [0.3, 0.4) is 0 Å². The first-order chi connectivity index (χ1) is 13.2. The molecule has 0 spiro atoms. The molecule has 0 N–H and O–H groups in total. The maximum absolute atomic E-state index is 13.0. The van der Waals surface area contributed by atoms with Crippen LogP contribution < -0.4 is 9.47 Å². The minimum atomic E-state index is -0.103. The Balaban J connectivity index is 1.76. The van der Waals surface area contributed by atoms with E-state index in [-0.39, 0.29) is 12.0 Å². The molecule has 1 saturated carbocycles. The molecule has 3 rings (SSSR count). The number of amides is 1. The molecule has 1 aliphatic carbocycles. The molecule has 27 heavy (non-hydrogen) atoms. The number of nitrogens with zero attached hydrogens (tertiary/aromatic N) is 1. The third-order valence-electron chi connectivity index (χ3n) is 4.79. The Bertz CT molecular complexity index is 722. The van der Waals surface area contributed by atoms with Gasteiger partial charge in [0.25, 0.3) is 5.91 Å². The molecular weight excluding hydrogens is 346 g/mol. The van der Waals surface area contributed by atoms with Crippen molar-refractivity contribution in [2.75, 3.05) is 27.4 Å². The van der Waals surface area contributed by atoms with Gasteiger partial charge < -0.3 is 23.5 Å². The summed E-state index contributed by atoms with van der Waals surface area (Å²) in [4.78, 5) is 14.7. The van der Waals surface area contributed by atoms with Crippen molar-refractivity contribution < 1.29 is 23.4 Å². The molecule has 1 fully saturated rings. The SMILES string of the molecule is COCCN(Cc1ccco1)C(=O)c1ccc(OC2CCCC2)c(OC)c1. The Morgan fingerprint density at radius 2 is 2.00 bits per heavy atom. The van der Waals surface area contributed by atoms with E-state index >= 15 is 0 Å². The summed E-state index contributed by atoms with van der Waals surface area (Å²) in [5, 5.41) is 0. The van der Waals surface area contributed by atoms with Gasteiger partial charge in [0, 0.05) is 19.2 Å². The molecule has 1 aliphatic rings. The normalized spacial score (nSPS) is 14.3. The zero-order valence-corrected chi connectivity index (χ0v) is 16.0. The second-order valence-corrected chi connectivity index (χ2v) is 6.69. The maximum atomic E-state index is 13.0. The first kappa shape index (κ1) is 19.3. The molecule has 0 unspecified atom stereocenters. The molecule has 1 heterocycles. The predicted octanol–water partition coefficient (Wildman–Crippen LogP) is 3.90. The van der Waals surface area contributed by atoms with Crippen LogP contribution in [0.1, 0.15) is 41.8 Å². The molecule has 1 aromatic carbocycles. The third kappa shape index (κ3) is 5.04. The highest BCUT2D eigenvalue weighted by Gasteiger charge is 2.21. The van der Waals surface area contributed by atoms with Gasteiger partial charge in [0.15, 0.2) is 11.5 Å². The molecule has 0 bridgehead atoms. The van der Waals surface area contributed by atoms with Crippen molar-refractivity contribution in [2.24, 2.45) is 0 Å². The molecule has 1 aromatic heterocycles. The number of benzene rings is 1. The summed E-state index contributed by atoms with van der Waals surface area (Å²) in [5.74, 6) is 1.90. The van der Waals surface area contributed by atoms with Crippen LogP contribution in [0.4, 0.5) is 0 Å². The summed E-state index contributed by atoms with van der Waals surface area (Å²) in [5.41, 5.74) is 0.549. The summed E-state index contributed by atoms with van der Waals surface area (Å²) in [6.45, 7) is 1.31. The largest absolute Gasteiger partial charge is 0.493 e. The molecule has 0 radical (unpaired) electrons. The average Bonchev–Trinajstić information content (AvgIpc) is 3.39. The molecule has 0 atom stereocenters. The zero-order valence-electron chi connectivity index (χ0n) is 16.0. The number of carbonyl (C=O) groups excluding carboxylic acids is 1. The minimum absolute atomic E-state index is 0.103. The van der Waals surface area contributed by atoms with Crippen LogP contribution in [0.5, 0.6) is 11.5 Å². The monoisotopic (exact) mass is 373 g/mol. The van der Waals surface area contributed by atoms with Crippen LogP contribution in [-0.4, -0.2) is 44.3 Å². The van der Waals surface area contributed by atoms with Crippen molar-refractivity contribution in [3.05, 3.63) is 47.9 Å². The van der Waals surface area contributed by atoms with Crippen LogP contribution in [0, 0.1) is 0 Å². The van der Waals surface area contributed by atoms with Gasteiger partial charge >= 0.3 is 0 Å². The fourth-order valence-electron chi connectivity index (χ4n) is 3.31. The highest BCUT2D eigenvalue weighted by atomic mass is 16.5. The molecule has 0 saturated heterocycles. The van der Waals surface area contributed by atoms with E-state index in [2.05, 4.69) is 0 Å². The van der Waals surface area contributed by atoms with E-state index in [1.54, 1.807) is 37.5 Å². The number of hydrogen-bond donors (Lipinski definition) is 0. The van der Waals surface area contributed by atoms with E-state index in [4.69, 9.17) is 18.6 Å². The molecular formula is C21H27NO5. The van der Waals surface area contributed by atoms with E-state index in [0.717, 1.165) is 18.6 Å². The number of rotatable bonds is 9. The van der Waals surface area contributed by atoms with Crippen molar-refractivity contribution in [3.8, 4) is 11.5 Å². The van der Waals surface area contributed by atoms with Crippen molar-refractivity contribution in [1.29, 1.82) is 0 Å². The third-order valence-corrected chi connectivity index (χ3v) is 4.79. The summed E-state index contributed by atoms with van der Waals surface area (Å²) in [6.07, 6.45) is 6.37. The Morgan fingerprint density at radius 3 is 2.67 bits per heavy atom. The number of furan rings is 1. The van der Waals surface area contributed by atoms with E-state index in [0.29, 0.717) is 36.8 Å². The topological polar surface area (TPSA) is 61.1 Å². The van der Waals surface area contributed by atoms with Crippen molar-refractivity contribution in [3.63, 3.8) is 0 Å². The molecule has 2 aromatic rings. The maximum Gasteiger partial charge on any atom is 0.254 e. The van der Waals surface area contributed by atoms with Gasteiger partial charge in [-0.25, -0.2) is 0 Å². The van der Waals surface area contributed by atoms with Crippen molar-refractivity contribution in [1.82, 2.24) is 4.90 Å². The molecule has 0 aliphatic heterocycles. The molecule has 6 nitrogen and oxygen atoms in total. The average molecular weight is 373 g/mol. The molecule has 146 valence electrons. The van der Waals surface area contributed by atoms with Crippen LogP contribution >= 0.6 is 0 Å². The summed E-state index contributed by atoms with van der Waals surface area (Å²) in [6, 6.07) is 9.02. The Morgan fingerprint density at radius 1 is 1.19 bits per heavy atom. The number of ether oxygens (including phenoxy) is 3. The van der Waals surface area contributed by atoms with Gasteiger partial charge in [-0.05, 0) is 56.0 Å². The highest BCUT2D eigenvalue weighted by molar-refractivity contribution is 5.94. The first-order valence-corrected chi connectivity index (χ1v) is 9.36. The Labute approximate surface area is 160 Å². The lowest BCUT2D eigenvalue weighted by Gasteiger charge is -2.22. The first-order valence-electron chi connectivity index (χ1n) is 9.36. The minimum Gasteiger partial charge on any atom is -0.493 e. The number of hydrogen-bond acceptors (Lipinski definition) is 5. The van der Waals surface area contributed by atoms with Crippen molar-refractivity contribution in [2.45, 2.75) is 38.3 Å². The fraction of sp³-hybridized carbons (Fsp3) is 0.476. The van der Waals surface area contributed by atoms with E-state index in [9.17, 15) is 4.79 Å². The van der Waals surface area contributed by atoms with Gasteiger partial charge in [0.2, 0.25) is 0 Å². The lowest BCUT2D eigenvalue weighted by Crippen LogP contribution is -2.33. The van der Waals surface area contributed by atoms with Gasteiger partial charge in [0.1, 0.15) is 5.76 Å². The smallest absolute Gasteiger partial charge is 0.254 e. The summed E-state index contributed by atoms with van der Waals surface area (Å²) in [7, 11) is 3.21. The number of methoxy groups -OCH3 is 2. The lowest BCUT2D eigenvalue weighted by atomic mass is 10.1. The van der Waals surface area contributed by atoms with Gasteiger partial charge in [-0.1, -0.05) is 0 Å². The van der Waals surface area contributed by atoms with E-state index in [1.807, 2.05) is 18.2 Å². The quantitative estimate of drug-likeness (QED) is 0.667. The van der Waals surface area contributed by atoms with Crippen LogP contribution in [0.15, 0.2) is 41.0 Å². The Hall–Kier alpha value is -2.47. The van der Waals surface area contributed by atoms with Gasteiger partial charge in [-0.2, -0.15) is 0 Å². The lowest BCUT2D eigenvalue weighted by molar-refractivity contribution is 0.0666. The van der Waals surface area contributed by atoms with Crippen LogP contribution in [0.2, 0.25) is 0 Å². The molecule has 6 heteroatoms. The predicted molar refractivity (Wildman–Crippen MR) is 101 cm³/mol. The van der Waals surface area contributed by atoms with Gasteiger partial charge in [-0.3, -0.25) is 4.79 Å². The van der Waals surface area contributed by atoms with E-state index < -0.39 is 0 Å². The second kappa shape index (κ2) is 9.46. The van der Waals surface area contributed by atoms with Crippen LogP contribution in [-0.2, 0) is 11.3 Å². The fourth-order valence-corrected chi connectivity index (χ4v) is 3.31. The zero-order chi connectivity index (χ0) is 19.1. The standard InChI is InChI=1S/C21H27NO5/c1-24-13-11-22(15-18-8-5-12-26-18)21(23)16-9-10-19(20(14-16)25-2)27-17-6-3-4-7-17/h5,8-10,12,14,17H,3-4,6-7,11,13,15H2,1-2H3. The molecule has 1 amide bonds. The second-order valence-electron chi connectivity index (χ2n) is 6.69. The van der Waals surface area contributed by atoms with Crippen molar-refractivity contribution >= 4 is 5.91 Å². The van der Waals surface area contributed by atoms with Gasteiger partial charge in [-0.15, -0.1) is 0 Å². The van der Waals surface area contributed by atoms with Gasteiger partial charge in [0.05, 0.1) is 32.6 Å². The van der Waals surface area contributed by atoms with Crippen LogP contribution in [0.25, 0.3) is 0 Å². The number of carbonyl (C=O) groups is 1.